The summed E-state index contributed by atoms with van der Waals surface area (Å²) >= 11 is 0. The zero-order valence-corrected chi connectivity index (χ0v) is 6.84. The zero-order valence-electron chi connectivity index (χ0n) is 6.84. The highest BCUT2D eigenvalue weighted by Gasteiger charge is 1.89. The maximum Gasteiger partial charge on any atom is 0.119 e. The first-order valence-corrected chi connectivity index (χ1v) is 3.70. The van der Waals surface area contributed by atoms with Gasteiger partial charge in [0.2, 0.25) is 0 Å². The third-order valence-corrected chi connectivity index (χ3v) is 0.890. The Bertz CT molecular complexity index is 89.3. The third kappa shape index (κ3) is 7.47. The summed E-state index contributed by atoms with van der Waals surface area (Å²) in [5.41, 5.74) is 0. The van der Waals surface area contributed by atoms with Crippen molar-refractivity contribution in [3.05, 3.63) is 6.92 Å². The van der Waals surface area contributed by atoms with Crippen LogP contribution in [0.4, 0.5) is 0 Å². The van der Waals surface area contributed by atoms with E-state index in [-0.39, 0.29) is 0 Å². The van der Waals surface area contributed by atoms with Crippen molar-refractivity contribution in [2.75, 3.05) is 6.61 Å². The Morgan fingerprint density at radius 2 is 2.30 bits per heavy atom. The van der Waals surface area contributed by atoms with E-state index < -0.39 is 0 Å². The van der Waals surface area contributed by atoms with Crippen LogP contribution in [0.25, 0.3) is 0 Å². The second-order valence-electron chi connectivity index (χ2n) is 2.62. The molecule has 0 aliphatic heterocycles. The third-order valence-electron chi connectivity index (χ3n) is 0.890. The summed E-state index contributed by atoms with van der Waals surface area (Å²) in [6.45, 7) is 8.56. The molecule has 0 bridgehead atoms. The molecule has 0 amide bonds. The van der Waals surface area contributed by atoms with Crippen LogP contribution in [0.5, 0.6) is 0 Å². The van der Waals surface area contributed by atoms with E-state index >= 15 is 0 Å². The molecule has 0 unspecified atom stereocenters. The van der Waals surface area contributed by atoms with Gasteiger partial charge in [-0.3, -0.25) is 0 Å². The lowest BCUT2D eigenvalue weighted by atomic mass is 10.2. The fraction of sp³-hybridized carbons (Fsp3) is 0.750. The molecule has 2 nitrogen and oxygen atoms in total. The molecular weight excluding hydrogens is 126 g/mol. The maximum absolute atomic E-state index is 4.94. The predicted octanol–water partition coefficient (Wildman–Crippen LogP) is 2.26. The Labute approximate surface area is 63.3 Å². The average molecular weight is 142 g/mol. The molecule has 0 fully saturated rings. The van der Waals surface area contributed by atoms with Crippen molar-refractivity contribution >= 4 is 6.21 Å². The van der Waals surface area contributed by atoms with Crippen LogP contribution < -0.4 is 0 Å². The fourth-order valence-corrected chi connectivity index (χ4v) is 0.389. The van der Waals surface area contributed by atoms with Crippen LogP contribution in [0.2, 0.25) is 0 Å². The van der Waals surface area contributed by atoms with Gasteiger partial charge in [-0.1, -0.05) is 25.9 Å². The van der Waals surface area contributed by atoms with Crippen molar-refractivity contribution in [1.82, 2.24) is 0 Å². The quantitative estimate of drug-likeness (QED) is 0.426. The van der Waals surface area contributed by atoms with E-state index in [2.05, 4.69) is 25.9 Å². The molecular formula is C8H16NO. The topological polar surface area (TPSA) is 21.6 Å². The molecule has 0 saturated carbocycles. The van der Waals surface area contributed by atoms with Crippen LogP contribution in [0.3, 0.4) is 0 Å². The van der Waals surface area contributed by atoms with E-state index in [1.54, 1.807) is 6.21 Å². The Balaban J connectivity index is 3.02. The molecule has 0 N–H and O–H groups in total. The van der Waals surface area contributed by atoms with Gasteiger partial charge in [-0.15, -0.1) is 0 Å². The molecule has 0 aromatic carbocycles. The molecule has 0 saturated heterocycles. The maximum atomic E-state index is 4.94. The largest absolute Gasteiger partial charge is 0.396 e. The summed E-state index contributed by atoms with van der Waals surface area (Å²) in [7, 11) is 0. The zero-order chi connectivity index (χ0) is 7.82. The summed E-state index contributed by atoms with van der Waals surface area (Å²) in [4.78, 5) is 4.94. The second kappa shape index (κ2) is 6.59. The van der Waals surface area contributed by atoms with Crippen molar-refractivity contribution in [2.45, 2.75) is 26.7 Å². The Kier molecular flexibility index (Phi) is 6.24. The van der Waals surface area contributed by atoms with Gasteiger partial charge >= 0.3 is 0 Å². The standard InChI is InChI=1S/C8H16NO/c1-4-5-6-9-10-7-8(2)3/h6,8H,1,4-5,7H2,2-3H3. The molecule has 2 heteroatoms. The van der Waals surface area contributed by atoms with Gasteiger partial charge < -0.3 is 4.84 Å². The van der Waals surface area contributed by atoms with Crippen LogP contribution in [-0.2, 0) is 4.84 Å². The van der Waals surface area contributed by atoms with Crippen LogP contribution in [0.1, 0.15) is 26.7 Å². The molecule has 0 rings (SSSR count). The van der Waals surface area contributed by atoms with Crippen LogP contribution in [0.15, 0.2) is 5.16 Å². The lowest BCUT2D eigenvalue weighted by molar-refractivity contribution is 0.119. The highest BCUT2D eigenvalue weighted by Crippen LogP contribution is 1.92. The summed E-state index contributed by atoms with van der Waals surface area (Å²) in [5, 5.41) is 3.74. The number of unbranched alkanes of at least 4 members (excludes halogenated alkanes) is 1. The van der Waals surface area contributed by atoms with E-state index in [9.17, 15) is 0 Å². The fourth-order valence-electron chi connectivity index (χ4n) is 0.389. The van der Waals surface area contributed by atoms with Gasteiger partial charge in [-0.25, -0.2) is 0 Å². The van der Waals surface area contributed by atoms with E-state index in [0.717, 1.165) is 12.8 Å². The molecule has 1 radical (unpaired) electrons. The first kappa shape index (κ1) is 9.47. The summed E-state index contributed by atoms with van der Waals surface area (Å²) in [5.74, 6) is 0.553. The van der Waals surface area contributed by atoms with E-state index in [4.69, 9.17) is 4.84 Å². The Hall–Kier alpha value is -0.530. The number of nitrogens with zero attached hydrogens (tertiary/aromatic N) is 1. The van der Waals surface area contributed by atoms with Crippen molar-refractivity contribution in [1.29, 1.82) is 0 Å². The number of rotatable bonds is 5. The van der Waals surface area contributed by atoms with Gasteiger partial charge in [0.25, 0.3) is 0 Å². The first-order valence-electron chi connectivity index (χ1n) is 3.70. The van der Waals surface area contributed by atoms with Gasteiger partial charge in [-0.05, 0) is 18.8 Å². The summed E-state index contributed by atoms with van der Waals surface area (Å²) in [6.07, 6.45) is 3.54. The van der Waals surface area contributed by atoms with Crippen molar-refractivity contribution in [2.24, 2.45) is 11.1 Å². The second-order valence-corrected chi connectivity index (χ2v) is 2.62. The van der Waals surface area contributed by atoms with Crippen molar-refractivity contribution < 1.29 is 4.84 Å². The van der Waals surface area contributed by atoms with Gasteiger partial charge in [0.15, 0.2) is 0 Å². The summed E-state index contributed by atoms with van der Waals surface area (Å²) in [6, 6.07) is 0. The Morgan fingerprint density at radius 1 is 1.60 bits per heavy atom. The van der Waals surface area contributed by atoms with E-state index in [1.165, 1.54) is 0 Å². The normalized spacial score (nSPS) is 11.2. The van der Waals surface area contributed by atoms with Crippen LogP contribution in [0, 0.1) is 12.8 Å². The van der Waals surface area contributed by atoms with Crippen molar-refractivity contribution in [3.63, 3.8) is 0 Å². The minimum atomic E-state index is 0.553. The minimum Gasteiger partial charge on any atom is -0.396 e. The molecule has 0 aliphatic carbocycles. The number of hydrogen-bond acceptors (Lipinski definition) is 2. The smallest absolute Gasteiger partial charge is 0.119 e. The monoisotopic (exact) mass is 142 g/mol. The van der Waals surface area contributed by atoms with Crippen molar-refractivity contribution in [3.8, 4) is 0 Å². The SMILES string of the molecule is [CH2]CCC=NOCC(C)C. The van der Waals surface area contributed by atoms with Gasteiger partial charge in [0, 0.05) is 6.21 Å². The predicted molar refractivity (Wildman–Crippen MR) is 43.9 cm³/mol. The molecule has 0 aromatic rings. The van der Waals surface area contributed by atoms with E-state index in [1.807, 2.05) is 0 Å². The van der Waals surface area contributed by atoms with Gasteiger partial charge in [0.1, 0.15) is 6.61 Å². The van der Waals surface area contributed by atoms with Crippen LogP contribution >= 0.6 is 0 Å². The lowest BCUT2D eigenvalue weighted by Gasteiger charge is -2.00. The first-order chi connectivity index (χ1) is 4.77. The average Bonchev–Trinajstić information content (AvgIpc) is 1.87. The number of hydrogen-bond donors (Lipinski definition) is 0. The molecule has 0 heterocycles. The van der Waals surface area contributed by atoms with Crippen LogP contribution in [-0.4, -0.2) is 12.8 Å². The van der Waals surface area contributed by atoms with Gasteiger partial charge in [-0.2, -0.15) is 0 Å². The van der Waals surface area contributed by atoms with Gasteiger partial charge in [0.05, 0.1) is 0 Å². The molecule has 0 aliphatic rings. The molecule has 59 valence electrons. The Morgan fingerprint density at radius 3 is 2.80 bits per heavy atom. The highest BCUT2D eigenvalue weighted by atomic mass is 16.6. The molecule has 0 spiro atoms. The lowest BCUT2D eigenvalue weighted by Crippen LogP contribution is -1.96. The summed E-state index contributed by atoms with van der Waals surface area (Å²) < 4.78 is 0. The number of oxime groups is 1. The molecule has 0 atom stereocenters. The highest BCUT2D eigenvalue weighted by molar-refractivity contribution is 5.56. The molecule has 0 aromatic heterocycles. The van der Waals surface area contributed by atoms with E-state index in [0.29, 0.717) is 12.5 Å². The molecule has 10 heavy (non-hydrogen) atoms. The minimum absolute atomic E-state index is 0.553.